The molecule has 3 rings (SSSR count). The molecule has 1 aliphatic heterocycles. The van der Waals surface area contributed by atoms with Crippen molar-refractivity contribution in [2.45, 2.75) is 24.4 Å². The molecule has 0 saturated carbocycles. The average Bonchev–Trinajstić information content (AvgIpc) is 2.67. The fraction of sp³-hybridized carbons (Fsp3) is 0.300. The molecule has 0 aliphatic carbocycles. The van der Waals surface area contributed by atoms with Crippen LogP contribution >= 0.6 is 0 Å². The number of hydrogen-bond acceptors (Lipinski definition) is 2. The number of piperidine rings is 1. The van der Waals surface area contributed by atoms with E-state index in [-0.39, 0.29) is 31.5 Å². The number of carboxylic acids is 1. The fourth-order valence-corrected chi connectivity index (χ4v) is 3.49. The Labute approximate surface area is 154 Å². The standard InChI is InChI=1S/C20H18F3NO3/c21-20(22,23)16-8-4-5-14(13-16)17(25)24-11-9-19(10-12-24,18(26)27)15-6-2-1-3-7-15/h1-8,13H,9-12H2,(H,26,27). The van der Waals surface area contributed by atoms with E-state index in [1.54, 1.807) is 30.3 Å². The molecule has 0 radical (unpaired) electrons. The van der Waals surface area contributed by atoms with E-state index in [2.05, 4.69) is 0 Å². The Kier molecular flexibility index (Phi) is 4.95. The van der Waals surface area contributed by atoms with Gasteiger partial charge in [0, 0.05) is 18.7 Å². The molecule has 0 unspecified atom stereocenters. The quantitative estimate of drug-likeness (QED) is 0.881. The van der Waals surface area contributed by atoms with Crippen LogP contribution in [0.25, 0.3) is 0 Å². The largest absolute Gasteiger partial charge is 0.481 e. The summed E-state index contributed by atoms with van der Waals surface area (Å²) in [5.74, 6) is -1.48. The first-order valence-electron chi connectivity index (χ1n) is 8.49. The van der Waals surface area contributed by atoms with Crippen LogP contribution in [0.2, 0.25) is 0 Å². The molecule has 0 atom stereocenters. The summed E-state index contributed by atoms with van der Waals surface area (Å²) < 4.78 is 38.6. The van der Waals surface area contributed by atoms with Gasteiger partial charge >= 0.3 is 12.1 Å². The van der Waals surface area contributed by atoms with Crippen LogP contribution in [0.4, 0.5) is 13.2 Å². The molecule has 1 heterocycles. The highest BCUT2D eigenvalue weighted by molar-refractivity contribution is 5.94. The molecule has 7 heteroatoms. The average molecular weight is 377 g/mol. The zero-order valence-corrected chi connectivity index (χ0v) is 14.4. The molecule has 1 aliphatic rings. The molecule has 1 saturated heterocycles. The second-order valence-corrected chi connectivity index (χ2v) is 6.62. The number of carboxylic acid groups (broad SMARTS) is 1. The predicted molar refractivity (Wildman–Crippen MR) is 92.3 cm³/mol. The van der Waals surface area contributed by atoms with E-state index >= 15 is 0 Å². The van der Waals surface area contributed by atoms with E-state index < -0.39 is 29.0 Å². The lowest BCUT2D eigenvalue weighted by Crippen LogP contribution is -2.49. The second kappa shape index (κ2) is 7.06. The Bertz CT molecular complexity index is 841. The van der Waals surface area contributed by atoms with Crippen molar-refractivity contribution in [2.75, 3.05) is 13.1 Å². The first-order valence-corrected chi connectivity index (χ1v) is 8.49. The van der Waals surface area contributed by atoms with Crippen LogP contribution in [-0.4, -0.2) is 35.0 Å². The van der Waals surface area contributed by atoms with Crippen molar-refractivity contribution in [3.8, 4) is 0 Å². The van der Waals surface area contributed by atoms with Gasteiger partial charge in [-0.1, -0.05) is 36.4 Å². The van der Waals surface area contributed by atoms with Gasteiger partial charge in [-0.25, -0.2) is 0 Å². The third-order valence-electron chi connectivity index (χ3n) is 5.08. The van der Waals surface area contributed by atoms with Crippen molar-refractivity contribution < 1.29 is 27.9 Å². The highest BCUT2D eigenvalue weighted by Crippen LogP contribution is 2.36. The smallest absolute Gasteiger partial charge is 0.416 e. The van der Waals surface area contributed by atoms with Gasteiger partial charge in [0.25, 0.3) is 5.91 Å². The van der Waals surface area contributed by atoms with Crippen molar-refractivity contribution in [3.63, 3.8) is 0 Å². The van der Waals surface area contributed by atoms with Crippen LogP contribution in [0.15, 0.2) is 54.6 Å². The summed E-state index contributed by atoms with van der Waals surface area (Å²) in [7, 11) is 0. The molecule has 4 nitrogen and oxygen atoms in total. The van der Waals surface area contributed by atoms with Gasteiger partial charge in [-0.3, -0.25) is 9.59 Å². The number of nitrogens with zero attached hydrogens (tertiary/aromatic N) is 1. The molecule has 142 valence electrons. The van der Waals surface area contributed by atoms with Gasteiger partial charge in [0.1, 0.15) is 0 Å². The molecule has 0 bridgehead atoms. The van der Waals surface area contributed by atoms with Gasteiger partial charge in [-0.05, 0) is 36.6 Å². The van der Waals surface area contributed by atoms with Gasteiger partial charge in [-0.15, -0.1) is 0 Å². The van der Waals surface area contributed by atoms with E-state index in [4.69, 9.17) is 0 Å². The van der Waals surface area contributed by atoms with Gasteiger partial charge in [0.2, 0.25) is 0 Å². The van der Waals surface area contributed by atoms with Crippen molar-refractivity contribution in [3.05, 3.63) is 71.3 Å². The van der Waals surface area contributed by atoms with Crippen molar-refractivity contribution >= 4 is 11.9 Å². The normalized spacial score (nSPS) is 16.8. The van der Waals surface area contributed by atoms with Gasteiger partial charge in [0.15, 0.2) is 0 Å². The van der Waals surface area contributed by atoms with Crippen LogP contribution in [0.1, 0.15) is 34.3 Å². The third-order valence-corrected chi connectivity index (χ3v) is 5.08. The highest BCUT2D eigenvalue weighted by Gasteiger charge is 2.44. The monoisotopic (exact) mass is 377 g/mol. The van der Waals surface area contributed by atoms with Crippen molar-refractivity contribution in [1.29, 1.82) is 0 Å². The Hall–Kier alpha value is -2.83. The minimum atomic E-state index is -4.52. The van der Waals surface area contributed by atoms with E-state index in [1.807, 2.05) is 0 Å². The first kappa shape index (κ1) is 18.9. The summed E-state index contributed by atoms with van der Waals surface area (Å²) in [4.78, 5) is 26.0. The highest BCUT2D eigenvalue weighted by atomic mass is 19.4. The van der Waals surface area contributed by atoms with Crippen LogP contribution in [0.3, 0.4) is 0 Å². The van der Waals surface area contributed by atoms with E-state index in [0.717, 1.165) is 12.1 Å². The van der Waals surface area contributed by atoms with Crippen molar-refractivity contribution in [2.24, 2.45) is 0 Å². The molecular formula is C20H18F3NO3. The molecule has 1 N–H and O–H groups in total. The number of aliphatic carboxylic acids is 1. The van der Waals surface area contributed by atoms with Crippen LogP contribution in [0.5, 0.6) is 0 Å². The predicted octanol–water partition coefficient (Wildman–Crippen LogP) is 3.96. The molecular weight excluding hydrogens is 359 g/mol. The summed E-state index contributed by atoms with van der Waals surface area (Å²) in [6.45, 7) is 0.326. The lowest BCUT2D eigenvalue weighted by Gasteiger charge is -2.39. The summed E-state index contributed by atoms with van der Waals surface area (Å²) in [6.07, 6.45) is -4.11. The van der Waals surface area contributed by atoms with Crippen LogP contribution < -0.4 is 0 Å². The number of carbonyl (C=O) groups excluding carboxylic acids is 1. The maximum Gasteiger partial charge on any atom is 0.416 e. The summed E-state index contributed by atoms with van der Waals surface area (Å²) in [6, 6.07) is 13.1. The fourth-order valence-electron chi connectivity index (χ4n) is 3.49. The number of benzene rings is 2. The Morgan fingerprint density at radius 2 is 1.59 bits per heavy atom. The zero-order valence-electron chi connectivity index (χ0n) is 14.4. The van der Waals surface area contributed by atoms with Crippen LogP contribution in [0, 0.1) is 0 Å². The third kappa shape index (κ3) is 3.67. The van der Waals surface area contributed by atoms with Crippen molar-refractivity contribution in [1.82, 2.24) is 4.90 Å². The van der Waals surface area contributed by atoms with Crippen LogP contribution in [-0.2, 0) is 16.4 Å². The number of halogens is 3. The molecule has 0 spiro atoms. The lowest BCUT2D eigenvalue weighted by atomic mass is 9.72. The molecule has 1 amide bonds. The number of rotatable bonds is 3. The zero-order chi connectivity index (χ0) is 19.7. The topological polar surface area (TPSA) is 57.6 Å². The van der Waals surface area contributed by atoms with E-state index in [9.17, 15) is 27.9 Å². The first-order chi connectivity index (χ1) is 12.7. The number of hydrogen-bond donors (Lipinski definition) is 1. The molecule has 2 aromatic rings. The van der Waals surface area contributed by atoms with Gasteiger partial charge in [0.05, 0.1) is 11.0 Å². The number of alkyl halides is 3. The summed E-state index contributed by atoms with van der Waals surface area (Å²) in [5.41, 5.74) is -1.35. The molecule has 1 fully saturated rings. The maximum absolute atomic E-state index is 12.9. The SMILES string of the molecule is O=C(c1cccc(C(F)(F)F)c1)N1CCC(C(=O)O)(c2ccccc2)CC1. The molecule has 27 heavy (non-hydrogen) atoms. The Morgan fingerprint density at radius 3 is 2.15 bits per heavy atom. The lowest BCUT2D eigenvalue weighted by molar-refractivity contribution is -0.145. The van der Waals surface area contributed by atoms with Gasteiger partial charge in [-0.2, -0.15) is 13.2 Å². The summed E-state index contributed by atoms with van der Waals surface area (Å²) in [5, 5.41) is 9.78. The molecule has 2 aromatic carbocycles. The minimum Gasteiger partial charge on any atom is -0.481 e. The van der Waals surface area contributed by atoms with E-state index in [0.29, 0.717) is 5.56 Å². The Balaban J connectivity index is 1.79. The maximum atomic E-state index is 12.9. The number of amides is 1. The minimum absolute atomic E-state index is 0.0487. The number of carbonyl (C=O) groups is 2. The second-order valence-electron chi connectivity index (χ2n) is 6.62. The molecule has 0 aromatic heterocycles. The Morgan fingerprint density at radius 1 is 0.963 bits per heavy atom. The number of likely N-dealkylation sites (tertiary alicyclic amines) is 1. The summed E-state index contributed by atoms with van der Waals surface area (Å²) >= 11 is 0. The van der Waals surface area contributed by atoms with Gasteiger partial charge < -0.3 is 10.0 Å². The van der Waals surface area contributed by atoms with E-state index in [1.165, 1.54) is 17.0 Å².